The first-order chi connectivity index (χ1) is 7.72. The van der Waals surface area contributed by atoms with Crippen molar-refractivity contribution in [3.63, 3.8) is 0 Å². The molecule has 0 amide bonds. The smallest absolute Gasteiger partial charge is 0.303 e. The van der Waals surface area contributed by atoms with Crippen molar-refractivity contribution in [2.75, 3.05) is 6.61 Å². The summed E-state index contributed by atoms with van der Waals surface area (Å²) in [5.41, 5.74) is 1.05. The van der Waals surface area contributed by atoms with E-state index in [1.807, 2.05) is 43.3 Å². The standard InChI is InChI=1S/C13H16O3/c1-2-16-12-9-7-11(8-10-12)5-3-4-6-13(14)15/h3,5,7-10H,2,4,6H2,1H3,(H,14,15)/b5-3+. The highest BCUT2D eigenvalue weighted by molar-refractivity contribution is 5.67. The maximum atomic E-state index is 10.3. The molecule has 0 atom stereocenters. The zero-order valence-electron chi connectivity index (χ0n) is 9.35. The van der Waals surface area contributed by atoms with E-state index >= 15 is 0 Å². The van der Waals surface area contributed by atoms with Crippen LogP contribution in [0.1, 0.15) is 25.3 Å². The van der Waals surface area contributed by atoms with Crippen LogP contribution in [-0.2, 0) is 4.79 Å². The highest BCUT2D eigenvalue weighted by atomic mass is 16.5. The van der Waals surface area contributed by atoms with Gasteiger partial charge in [0, 0.05) is 6.42 Å². The topological polar surface area (TPSA) is 46.5 Å². The molecule has 0 heterocycles. The third kappa shape index (κ3) is 4.64. The number of carbonyl (C=O) groups is 1. The largest absolute Gasteiger partial charge is 0.494 e. The van der Waals surface area contributed by atoms with E-state index in [-0.39, 0.29) is 6.42 Å². The Morgan fingerprint density at radius 1 is 1.38 bits per heavy atom. The first-order valence-corrected chi connectivity index (χ1v) is 5.33. The molecule has 0 saturated carbocycles. The summed E-state index contributed by atoms with van der Waals surface area (Å²) in [5, 5.41) is 8.46. The monoisotopic (exact) mass is 220 g/mol. The Bertz CT molecular complexity index is 352. The summed E-state index contributed by atoms with van der Waals surface area (Å²) in [6, 6.07) is 7.70. The second kappa shape index (κ2) is 6.67. The number of allylic oxidation sites excluding steroid dienone is 1. The molecule has 16 heavy (non-hydrogen) atoms. The lowest BCUT2D eigenvalue weighted by Gasteiger charge is -2.02. The van der Waals surface area contributed by atoms with Crippen LogP contribution in [0.15, 0.2) is 30.3 Å². The number of carboxylic acids is 1. The molecule has 0 aromatic heterocycles. The van der Waals surface area contributed by atoms with Crippen LogP contribution in [0.2, 0.25) is 0 Å². The molecule has 0 radical (unpaired) electrons. The van der Waals surface area contributed by atoms with Crippen molar-refractivity contribution in [2.24, 2.45) is 0 Å². The number of hydrogen-bond donors (Lipinski definition) is 1. The molecular weight excluding hydrogens is 204 g/mol. The number of aliphatic carboxylic acids is 1. The van der Waals surface area contributed by atoms with Gasteiger partial charge < -0.3 is 9.84 Å². The summed E-state index contributed by atoms with van der Waals surface area (Å²) in [7, 11) is 0. The Hall–Kier alpha value is -1.77. The second-order valence-corrected chi connectivity index (χ2v) is 3.34. The van der Waals surface area contributed by atoms with Gasteiger partial charge in [0.2, 0.25) is 0 Å². The zero-order chi connectivity index (χ0) is 11.8. The van der Waals surface area contributed by atoms with E-state index in [1.54, 1.807) is 0 Å². The van der Waals surface area contributed by atoms with Crippen LogP contribution in [0, 0.1) is 0 Å². The van der Waals surface area contributed by atoms with Gasteiger partial charge >= 0.3 is 5.97 Å². The van der Waals surface area contributed by atoms with Gasteiger partial charge in [-0.3, -0.25) is 4.79 Å². The van der Waals surface area contributed by atoms with Crippen LogP contribution in [-0.4, -0.2) is 17.7 Å². The van der Waals surface area contributed by atoms with Crippen molar-refractivity contribution in [1.82, 2.24) is 0 Å². The normalized spacial score (nSPS) is 10.6. The molecule has 3 nitrogen and oxygen atoms in total. The fraction of sp³-hybridized carbons (Fsp3) is 0.308. The summed E-state index contributed by atoms with van der Waals surface area (Å²) in [5.74, 6) is 0.0847. The molecule has 0 aliphatic carbocycles. The molecule has 1 N–H and O–H groups in total. The van der Waals surface area contributed by atoms with E-state index in [0.717, 1.165) is 11.3 Å². The van der Waals surface area contributed by atoms with Crippen LogP contribution in [0.4, 0.5) is 0 Å². The Morgan fingerprint density at radius 3 is 2.62 bits per heavy atom. The molecule has 1 aromatic rings. The molecular formula is C13H16O3. The zero-order valence-corrected chi connectivity index (χ0v) is 9.35. The Kier molecular flexibility index (Phi) is 5.12. The average Bonchev–Trinajstić information content (AvgIpc) is 2.27. The lowest BCUT2D eigenvalue weighted by Crippen LogP contribution is -1.91. The predicted molar refractivity (Wildman–Crippen MR) is 63.5 cm³/mol. The minimum absolute atomic E-state index is 0.174. The first-order valence-electron chi connectivity index (χ1n) is 5.33. The Morgan fingerprint density at radius 2 is 2.06 bits per heavy atom. The van der Waals surface area contributed by atoms with Gasteiger partial charge in [0.15, 0.2) is 0 Å². The summed E-state index contributed by atoms with van der Waals surface area (Å²) in [6.45, 7) is 2.60. The van der Waals surface area contributed by atoms with E-state index in [9.17, 15) is 4.79 Å². The summed E-state index contributed by atoms with van der Waals surface area (Å²) >= 11 is 0. The van der Waals surface area contributed by atoms with Crippen molar-refractivity contribution in [3.05, 3.63) is 35.9 Å². The highest BCUT2D eigenvalue weighted by Gasteiger charge is 1.93. The molecule has 3 heteroatoms. The van der Waals surface area contributed by atoms with Gasteiger partial charge in [-0.25, -0.2) is 0 Å². The van der Waals surface area contributed by atoms with Crippen molar-refractivity contribution in [2.45, 2.75) is 19.8 Å². The quantitative estimate of drug-likeness (QED) is 0.801. The third-order valence-corrected chi connectivity index (χ3v) is 2.03. The summed E-state index contributed by atoms with van der Waals surface area (Å²) in [6.07, 6.45) is 4.51. The fourth-order valence-electron chi connectivity index (χ4n) is 1.27. The Labute approximate surface area is 95.4 Å². The van der Waals surface area contributed by atoms with Crippen LogP contribution in [0.25, 0.3) is 6.08 Å². The molecule has 1 rings (SSSR count). The lowest BCUT2D eigenvalue weighted by molar-refractivity contribution is -0.136. The molecule has 0 bridgehead atoms. The predicted octanol–water partition coefficient (Wildman–Crippen LogP) is 2.96. The SMILES string of the molecule is CCOc1ccc(/C=C/CCC(=O)O)cc1. The van der Waals surface area contributed by atoms with Crippen LogP contribution < -0.4 is 4.74 Å². The van der Waals surface area contributed by atoms with E-state index in [1.165, 1.54) is 0 Å². The maximum absolute atomic E-state index is 10.3. The minimum Gasteiger partial charge on any atom is -0.494 e. The van der Waals surface area contributed by atoms with E-state index in [0.29, 0.717) is 13.0 Å². The van der Waals surface area contributed by atoms with E-state index < -0.39 is 5.97 Å². The molecule has 86 valence electrons. The van der Waals surface area contributed by atoms with Gasteiger partial charge in [0.25, 0.3) is 0 Å². The number of hydrogen-bond acceptors (Lipinski definition) is 2. The summed E-state index contributed by atoms with van der Waals surface area (Å²) < 4.78 is 5.32. The number of ether oxygens (including phenoxy) is 1. The third-order valence-electron chi connectivity index (χ3n) is 2.03. The van der Waals surface area contributed by atoms with E-state index in [4.69, 9.17) is 9.84 Å². The van der Waals surface area contributed by atoms with Crippen LogP contribution in [0.3, 0.4) is 0 Å². The molecule has 0 aliphatic heterocycles. The summed E-state index contributed by atoms with van der Waals surface area (Å²) in [4.78, 5) is 10.3. The van der Waals surface area contributed by atoms with Gasteiger partial charge in [-0.05, 0) is 31.0 Å². The number of rotatable bonds is 6. The van der Waals surface area contributed by atoms with Gasteiger partial charge in [-0.2, -0.15) is 0 Å². The average molecular weight is 220 g/mol. The van der Waals surface area contributed by atoms with Crippen molar-refractivity contribution >= 4 is 12.0 Å². The highest BCUT2D eigenvalue weighted by Crippen LogP contribution is 2.13. The Balaban J connectivity index is 2.45. The van der Waals surface area contributed by atoms with Gasteiger partial charge in [0.05, 0.1) is 6.61 Å². The second-order valence-electron chi connectivity index (χ2n) is 3.34. The lowest BCUT2D eigenvalue weighted by atomic mass is 10.2. The molecule has 0 saturated heterocycles. The molecule has 0 unspecified atom stereocenters. The van der Waals surface area contributed by atoms with Crippen molar-refractivity contribution in [3.8, 4) is 5.75 Å². The van der Waals surface area contributed by atoms with Crippen molar-refractivity contribution in [1.29, 1.82) is 0 Å². The van der Waals surface area contributed by atoms with Gasteiger partial charge in [0.1, 0.15) is 5.75 Å². The van der Waals surface area contributed by atoms with Crippen LogP contribution in [0.5, 0.6) is 5.75 Å². The van der Waals surface area contributed by atoms with Gasteiger partial charge in [-0.15, -0.1) is 0 Å². The first kappa shape index (κ1) is 12.3. The molecule has 0 aliphatic rings. The minimum atomic E-state index is -0.767. The molecule has 0 fully saturated rings. The van der Waals surface area contributed by atoms with Gasteiger partial charge in [-0.1, -0.05) is 24.3 Å². The number of benzene rings is 1. The molecule has 0 spiro atoms. The van der Waals surface area contributed by atoms with Crippen molar-refractivity contribution < 1.29 is 14.6 Å². The molecule has 1 aromatic carbocycles. The van der Waals surface area contributed by atoms with E-state index in [2.05, 4.69) is 0 Å². The maximum Gasteiger partial charge on any atom is 0.303 e. The number of carboxylic acid groups (broad SMARTS) is 1. The fourth-order valence-corrected chi connectivity index (χ4v) is 1.27. The van der Waals surface area contributed by atoms with Crippen LogP contribution >= 0.6 is 0 Å².